The lowest BCUT2D eigenvalue weighted by molar-refractivity contribution is -1.73. The smallest absolute Gasteiger partial charge is 0.267 e. The molecule has 0 radical (unpaired) electrons. The minimum atomic E-state index is -4.07. The Labute approximate surface area is 258 Å². The monoisotopic (exact) mass is 669 g/mol. The molecule has 3 N–H and O–H groups in total. The first-order valence-electron chi connectivity index (χ1n) is 13.2. The molecule has 43 heavy (non-hydrogen) atoms. The molecule has 2 aromatic heterocycles. The molecule has 0 aliphatic carbocycles. The fourth-order valence-corrected chi connectivity index (χ4v) is 6.80. The minimum absolute atomic E-state index is 0.0188. The average molecular weight is 670 g/mol. The third kappa shape index (κ3) is 10.0. The highest BCUT2D eigenvalue weighted by Gasteiger charge is 2.24. The molecule has 4 aromatic rings. The van der Waals surface area contributed by atoms with E-state index in [4.69, 9.17) is 19.1 Å². The first-order chi connectivity index (χ1) is 20.4. The summed E-state index contributed by atoms with van der Waals surface area (Å²) < 4.78 is 78.1. The van der Waals surface area contributed by atoms with E-state index >= 15 is 0 Å². The highest BCUT2D eigenvalue weighted by atomic mass is 35.6. The van der Waals surface area contributed by atoms with E-state index in [-0.39, 0.29) is 10.0 Å². The number of nitrogens with one attached hydrogen (secondary N) is 1. The topological polar surface area (TPSA) is 205 Å². The van der Waals surface area contributed by atoms with Gasteiger partial charge in [-0.15, -0.1) is 10.2 Å². The number of aryl methyl sites for hydroxylation is 2. The third-order valence-electron chi connectivity index (χ3n) is 6.18. The van der Waals surface area contributed by atoms with Gasteiger partial charge < -0.3 is 14.0 Å². The van der Waals surface area contributed by atoms with Crippen LogP contribution in [0.2, 0.25) is 0 Å². The van der Waals surface area contributed by atoms with Gasteiger partial charge in [0.25, 0.3) is 20.0 Å². The summed E-state index contributed by atoms with van der Waals surface area (Å²) in [5.41, 5.74) is 5.54. The maximum atomic E-state index is 13.0. The summed E-state index contributed by atoms with van der Waals surface area (Å²) in [5.74, 6) is 0. The molecule has 0 spiro atoms. The van der Waals surface area contributed by atoms with Crippen molar-refractivity contribution in [1.82, 2.24) is 10.2 Å². The molecule has 0 saturated heterocycles. The number of aromatic nitrogens is 3. The van der Waals surface area contributed by atoms with Crippen LogP contribution in [-0.2, 0) is 32.9 Å². The molecule has 0 aliphatic rings. The van der Waals surface area contributed by atoms with Crippen LogP contribution >= 0.6 is 11.3 Å². The Kier molecular flexibility index (Phi) is 12.5. The van der Waals surface area contributed by atoms with Crippen LogP contribution in [0.25, 0.3) is 16.8 Å². The van der Waals surface area contributed by atoms with Crippen LogP contribution in [-0.4, -0.2) is 27.0 Å². The van der Waals surface area contributed by atoms with Crippen LogP contribution < -0.4 is 28.4 Å². The summed E-state index contributed by atoms with van der Waals surface area (Å²) in [6.07, 6.45) is 5.96. The normalized spacial score (nSPS) is 11.7. The van der Waals surface area contributed by atoms with Gasteiger partial charge in [-0.05, 0) is 36.1 Å². The SMILES string of the molecule is CCCCc1cc(-c2ccccc2)cc(CCCC)[n+]1-c1ccc(S(=O)(=O)Nc2nnc(S(N)(=O)=O)s2)cc1.[O-][Cl+2]([O-])[O-]. The van der Waals surface area contributed by atoms with Crippen molar-refractivity contribution in [2.24, 2.45) is 5.14 Å². The molecule has 12 nitrogen and oxygen atoms in total. The number of anilines is 1. The second-order valence-electron chi connectivity index (χ2n) is 9.34. The number of hydrogen-bond donors (Lipinski definition) is 2. The van der Waals surface area contributed by atoms with Gasteiger partial charge in [0.1, 0.15) is 0 Å². The van der Waals surface area contributed by atoms with Crippen LogP contribution in [0.4, 0.5) is 5.13 Å². The van der Waals surface area contributed by atoms with Gasteiger partial charge in [-0.25, -0.2) is 22.0 Å². The lowest BCUT2D eigenvalue weighted by Crippen LogP contribution is -2.42. The van der Waals surface area contributed by atoms with Crippen LogP contribution in [0.5, 0.6) is 0 Å². The van der Waals surface area contributed by atoms with E-state index in [1.165, 1.54) is 29.1 Å². The van der Waals surface area contributed by atoms with Gasteiger partial charge in [0.2, 0.25) is 15.2 Å². The van der Waals surface area contributed by atoms with Gasteiger partial charge in [0.15, 0.2) is 11.4 Å². The zero-order chi connectivity index (χ0) is 31.6. The lowest BCUT2D eigenvalue weighted by atomic mass is 10.00. The van der Waals surface area contributed by atoms with Crippen LogP contribution in [0, 0.1) is 10.8 Å². The molecule has 2 heterocycles. The van der Waals surface area contributed by atoms with E-state index in [0.29, 0.717) is 11.3 Å². The molecule has 2 aromatic carbocycles. The molecule has 16 heteroatoms. The molecule has 4 rings (SSSR count). The molecule has 232 valence electrons. The highest BCUT2D eigenvalue weighted by Crippen LogP contribution is 2.25. The molecule has 0 aliphatic heterocycles. The first kappa shape index (κ1) is 34.5. The standard InChI is InChI=1S/C27H32N5O4S3.ClO3/c1-3-5-12-23-18-21(20-10-8-7-9-11-20)19-24(13-6-4-2)32(23)22-14-16-25(17-15-22)39(35,36)31-26-29-30-27(37-26)38(28,33)34;2-1(3)4/h7-11,14-19H,3-6,12-13H2,1-2H3,(H,29,31)(H2,28,33,34);/q+1;-1. The molecule has 0 bridgehead atoms. The van der Waals surface area contributed by atoms with Crippen molar-refractivity contribution >= 4 is 36.5 Å². The zero-order valence-electron chi connectivity index (χ0n) is 23.5. The Balaban J connectivity index is 0.00000119. The Morgan fingerprint density at radius 2 is 1.37 bits per heavy atom. The van der Waals surface area contributed by atoms with E-state index < -0.39 is 35.2 Å². The number of halogens is 1. The Morgan fingerprint density at radius 3 is 1.84 bits per heavy atom. The van der Waals surface area contributed by atoms with E-state index in [1.54, 1.807) is 12.1 Å². The number of primary sulfonamides is 1. The summed E-state index contributed by atoms with van der Waals surface area (Å²) in [5, 5.41) is 11.9. The molecular formula is C27H32ClN5O7S3. The average Bonchev–Trinajstić information content (AvgIpc) is 3.43. The van der Waals surface area contributed by atoms with Crippen molar-refractivity contribution in [3.8, 4) is 16.8 Å². The summed E-state index contributed by atoms with van der Waals surface area (Å²) in [7, 11) is -10.9. The number of unbranched alkanes of at least 4 members (excludes halogenated alkanes) is 2. The Bertz CT molecular complexity index is 1670. The van der Waals surface area contributed by atoms with E-state index in [0.717, 1.165) is 49.8 Å². The highest BCUT2D eigenvalue weighted by molar-refractivity contribution is 7.93. The van der Waals surface area contributed by atoms with Crippen molar-refractivity contribution in [2.75, 3.05) is 4.72 Å². The maximum absolute atomic E-state index is 13.0. The third-order valence-corrected chi connectivity index (χ3v) is 9.81. The fraction of sp³-hybridized carbons (Fsp3) is 0.296. The molecule has 0 saturated carbocycles. The minimum Gasteiger partial charge on any atom is -0.357 e. The number of rotatable bonds is 12. The number of pyridine rings is 1. The molecule has 0 unspecified atom stereocenters. The summed E-state index contributed by atoms with van der Waals surface area (Å²) in [6, 6.07) is 21.4. The maximum Gasteiger partial charge on any atom is 0.267 e. The summed E-state index contributed by atoms with van der Waals surface area (Å²) >= 11 is 0.550. The van der Waals surface area contributed by atoms with E-state index in [9.17, 15) is 16.8 Å². The van der Waals surface area contributed by atoms with Crippen molar-refractivity contribution in [1.29, 1.82) is 0 Å². The molecular weight excluding hydrogens is 638 g/mol. The number of nitrogens with zero attached hydrogens (tertiary/aromatic N) is 3. The van der Waals surface area contributed by atoms with Crippen LogP contribution in [0.1, 0.15) is 50.9 Å². The number of hydrogen-bond acceptors (Lipinski definition) is 10. The Hall–Kier alpha value is -3.02. The largest absolute Gasteiger partial charge is 0.357 e. The summed E-state index contributed by atoms with van der Waals surface area (Å²) in [6.45, 7) is 4.33. The van der Waals surface area contributed by atoms with Gasteiger partial charge in [-0.1, -0.05) is 68.4 Å². The van der Waals surface area contributed by atoms with Gasteiger partial charge in [0, 0.05) is 37.1 Å². The number of benzene rings is 2. The van der Waals surface area contributed by atoms with Crippen molar-refractivity contribution < 1.29 is 46.2 Å². The van der Waals surface area contributed by atoms with Gasteiger partial charge in [-0.2, -0.15) is 4.57 Å². The van der Waals surface area contributed by atoms with E-state index in [2.05, 4.69) is 57.6 Å². The van der Waals surface area contributed by atoms with Gasteiger partial charge >= 0.3 is 0 Å². The van der Waals surface area contributed by atoms with Gasteiger partial charge in [0.05, 0.1) is 15.7 Å². The predicted octanol–water partition coefficient (Wildman–Crippen LogP) is 1.05. The molecule has 0 amide bonds. The predicted molar refractivity (Wildman–Crippen MR) is 153 cm³/mol. The first-order valence-corrected chi connectivity index (χ1v) is 18.0. The van der Waals surface area contributed by atoms with Gasteiger partial charge in [-0.3, -0.25) is 4.72 Å². The quantitative estimate of drug-likeness (QED) is 0.206. The fourth-order valence-electron chi connectivity index (χ4n) is 4.24. The second kappa shape index (κ2) is 15.6. The van der Waals surface area contributed by atoms with Crippen LogP contribution in [0.15, 0.2) is 76.0 Å². The summed E-state index contributed by atoms with van der Waals surface area (Å²) in [4.78, 5) is 0.0188. The zero-order valence-corrected chi connectivity index (χ0v) is 26.7. The number of sulfonamides is 2. The van der Waals surface area contributed by atoms with Crippen molar-refractivity contribution in [2.45, 2.75) is 61.6 Å². The Morgan fingerprint density at radius 1 is 0.837 bits per heavy atom. The van der Waals surface area contributed by atoms with Crippen molar-refractivity contribution in [3.05, 3.63) is 78.1 Å². The second-order valence-corrected chi connectivity index (χ2v) is 14.1. The molecule has 0 fully saturated rings. The van der Waals surface area contributed by atoms with E-state index in [1.807, 2.05) is 18.2 Å². The lowest BCUT2D eigenvalue weighted by Gasteiger charge is -2.12. The number of nitrogens with two attached hydrogens (primary N) is 1. The van der Waals surface area contributed by atoms with Crippen molar-refractivity contribution in [3.63, 3.8) is 0 Å². The van der Waals surface area contributed by atoms with Crippen LogP contribution in [0.3, 0.4) is 0 Å². The molecule has 0 atom stereocenters.